The van der Waals surface area contributed by atoms with Crippen molar-refractivity contribution in [2.45, 2.75) is 13.5 Å². The molecule has 1 aromatic carbocycles. The van der Waals surface area contributed by atoms with Gasteiger partial charge >= 0.3 is 0 Å². The molecule has 0 aliphatic rings. The zero-order valence-electron chi connectivity index (χ0n) is 11.3. The first-order valence-electron chi connectivity index (χ1n) is 6.24. The van der Waals surface area contributed by atoms with Crippen molar-refractivity contribution >= 4 is 5.69 Å². The lowest BCUT2D eigenvalue weighted by atomic mass is 10.3. The van der Waals surface area contributed by atoms with E-state index >= 15 is 0 Å². The number of methoxy groups -OCH3 is 1. The predicted molar refractivity (Wildman–Crippen MR) is 74.5 cm³/mol. The fourth-order valence-corrected chi connectivity index (χ4v) is 1.66. The van der Waals surface area contributed by atoms with E-state index in [9.17, 15) is 0 Å². The summed E-state index contributed by atoms with van der Waals surface area (Å²) in [6.07, 6.45) is 1.71. The summed E-state index contributed by atoms with van der Waals surface area (Å²) in [7, 11) is 1.66. The van der Waals surface area contributed by atoms with Gasteiger partial charge in [0.05, 0.1) is 25.2 Å². The molecule has 0 unspecified atom stereocenters. The molecule has 19 heavy (non-hydrogen) atoms. The molecule has 0 amide bonds. The van der Waals surface area contributed by atoms with E-state index in [-0.39, 0.29) is 0 Å². The minimum Gasteiger partial charge on any atom is -0.491 e. The number of nitrogens with zero attached hydrogens (tertiary/aromatic N) is 1. The van der Waals surface area contributed by atoms with E-state index in [0.29, 0.717) is 19.8 Å². The summed E-state index contributed by atoms with van der Waals surface area (Å²) in [6.45, 7) is 3.88. The second-order valence-electron chi connectivity index (χ2n) is 4.19. The van der Waals surface area contributed by atoms with E-state index in [1.165, 1.54) is 0 Å². The van der Waals surface area contributed by atoms with Crippen LogP contribution in [0.25, 0.3) is 0 Å². The van der Waals surface area contributed by atoms with Crippen molar-refractivity contribution in [1.29, 1.82) is 0 Å². The zero-order valence-corrected chi connectivity index (χ0v) is 11.3. The number of aryl methyl sites for hydroxylation is 1. The van der Waals surface area contributed by atoms with Gasteiger partial charge in [-0.1, -0.05) is 0 Å². The summed E-state index contributed by atoms with van der Waals surface area (Å²) in [5, 5.41) is 3.32. The van der Waals surface area contributed by atoms with Crippen LogP contribution in [0.5, 0.6) is 5.75 Å². The predicted octanol–water partition coefficient (Wildman–Crippen LogP) is 2.36. The van der Waals surface area contributed by atoms with Crippen LogP contribution in [0.4, 0.5) is 5.69 Å². The number of imidazole rings is 1. The average Bonchev–Trinajstić information content (AvgIpc) is 2.84. The molecule has 0 saturated heterocycles. The van der Waals surface area contributed by atoms with Gasteiger partial charge in [-0.05, 0) is 31.2 Å². The van der Waals surface area contributed by atoms with Crippen LogP contribution in [0, 0.1) is 6.92 Å². The largest absolute Gasteiger partial charge is 0.491 e. The summed E-state index contributed by atoms with van der Waals surface area (Å²) in [4.78, 5) is 7.30. The van der Waals surface area contributed by atoms with E-state index in [1.807, 2.05) is 31.2 Å². The van der Waals surface area contributed by atoms with Gasteiger partial charge in [0, 0.05) is 18.5 Å². The fourth-order valence-electron chi connectivity index (χ4n) is 1.66. The Morgan fingerprint density at radius 1 is 1.21 bits per heavy atom. The molecule has 0 radical (unpaired) electrons. The Bertz CT molecular complexity index is 494. The highest BCUT2D eigenvalue weighted by molar-refractivity contribution is 5.46. The molecule has 2 rings (SSSR count). The Kier molecular flexibility index (Phi) is 4.80. The lowest BCUT2D eigenvalue weighted by Crippen LogP contribution is -2.04. The summed E-state index contributed by atoms with van der Waals surface area (Å²) in [6, 6.07) is 7.86. The number of aromatic amines is 1. The van der Waals surface area contributed by atoms with E-state index in [1.54, 1.807) is 13.4 Å². The van der Waals surface area contributed by atoms with Gasteiger partial charge in [0.15, 0.2) is 0 Å². The van der Waals surface area contributed by atoms with Crippen LogP contribution in [0.3, 0.4) is 0 Å². The first-order chi connectivity index (χ1) is 9.29. The second-order valence-corrected chi connectivity index (χ2v) is 4.19. The maximum atomic E-state index is 5.50. The van der Waals surface area contributed by atoms with E-state index < -0.39 is 0 Å². The maximum Gasteiger partial charge on any atom is 0.119 e. The molecule has 0 bridgehead atoms. The highest BCUT2D eigenvalue weighted by atomic mass is 16.5. The van der Waals surface area contributed by atoms with Crippen LogP contribution in [0.2, 0.25) is 0 Å². The summed E-state index contributed by atoms with van der Waals surface area (Å²) >= 11 is 0. The molecule has 0 spiro atoms. The van der Waals surface area contributed by atoms with Crippen molar-refractivity contribution < 1.29 is 9.47 Å². The van der Waals surface area contributed by atoms with Gasteiger partial charge in [-0.15, -0.1) is 0 Å². The van der Waals surface area contributed by atoms with Crippen LogP contribution in [0.1, 0.15) is 11.4 Å². The third-order valence-corrected chi connectivity index (χ3v) is 2.80. The fraction of sp³-hybridized carbons (Fsp3) is 0.357. The number of hydrogen-bond donors (Lipinski definition) is 2. The maximum absolute atomic E-state index is 5.50. The Labute approximate surface area is 113 Å². The molecule has 0 aliphatic carbocycles. The lowest BCUT2D eigenvalue weighted by Gasteiger charge is -2.08. The van der Waals surface area contributed by atoms with E-state index in [2.05, 4.69) is 15.3 Å². The van der Waals surface area contributed by atoms with Gasteiger partial charge < -0.3 is 19.8 Å². The standard InChI is InChI=1S/C14H19N3O2/c1-11-14(17-10-16-11)9-15-12-3-5-13(6-4-12)19-8-7-18-2/h3-6,10,15H,7-9H2,1-2H3,(H,16,17). The minimum absolute atomic E-state index is 0.565. The number of anilines is 1. The Hall–Kier alpha value is -2.01. The number of aromatic nitrogens is 2. The quantitative estimate of drug-likeness (QED) is 0.751. The monoisotopic (exact) mass is 261 g/mol. The smallest absolute Gasteiger partial charge is 0.119 e. The van der Waals surface area contributed by atoms with Crippen LogP contribution >= 0.6 is 0 Å². The van der Waals surface area contributed by atoms with Crippen molar-refractivity contribution in [3.05, 3.63) is 42.0 Å². The van der Waals surface area contributed by atoms with Crippen LogP contribution in [-0.4, -0.2) is 30.3 Å². The first-order valence-corrected chi connectivity index (χ1v) is 6.24. The Morgan fingerprint density at radius 3 is 2.63 bits per heavy atom. The van der Waals surface area contributed by atoms with Crippen molar-refractivity contribution in [1.82, 2.24) is 9.97 Å². The highest BCUT2D eigenvalue weighted by Crippen LogP contribution is 2.16. The highest BCUT2D eigenvalue weighted by Gasteiger charge is 2.00. The SMILES string of the molecule is COCCOc1ccc(NCc2nc[nH]c2C)cc1. The molecule has 0 fully saturated rings. The third-order valence-electron chi connectivity index (χ3n) is 2.80. The molecular formula is C14H19N3O2. The average molecular weight is 261 g/mol. The summed E-state index contributed by atoms with van der Waals surface area (Å²) in [5.74, 6) is 0.846. The normalized spacial score (nSPS) is 10.4. The minimum atomic E-state index is 0.565. The van der Waals surface area contributed by atoms with Crippen molar-refractivity contribution in [3.8, 4) is 5.75 Å². The van der Waals surface area contributed by atoms with E-state index in [0.717, 1.165) is 22.8 Å². The number of ether oxygens (including phenoxy) is 2. The molecular weight excluding hydrogens is 242 g/mol. The van der Waals surface area contributed by atoms with Gasteiger partial charge in [0.2, 0.25) is 0 Å². The van der Waals surface area contributed by atoms with Gasteiger partial charge in [-0.25, -0.2) is 4.98 Å². The van der Waals surface area contributed by atoms with Crippen molar-refractivity contribution in [2.24, 2.45) is 0 Å². The molecule has 0 saturated carbocycles. The van der Waals surface area contributed by atoms with Gasteiger partial charge in [0.1, 0.15) is 12.4 Å². The number of nitrogens with one attached hydrogen (secondary N) is 2. The van der Waals surface area contributed by atoms with Gasteiger partial charge in [-0.2, -0.15) is 0 Å². The number of hydrogen-bond acceptors (Lipinski definition) is 4. The molecule has 1 heterocycles. The van der Waals surface area contributed by atoms with Crippen LogP contribution in [0.15, 0.2) is 30.6 Å². The number of rotatable bonds is 7. The first kappa shape index (κ1) is 13.4. The molecule has 0 aliphatic heterocycles. The number of benzene rings is 1. The summed E-state index contributed by atoms with van der Waals surface area (Å²) < 4.78 is 10.4. The topological polar surface area (TPSA) is 59.2 Å². The third kappa shape index (κ3) is 3.99. The number of H-pyrrole nitrogens is 1. The lowest BCUT2D eigenvalue weighted by molar-refractivity contribution is 0.146. The van der Waals surface area contributed by atoms with Crippen LogP contribution < -0.4 is 10.1 Å². The van der Waals surface area contributed by atoms with Crippen molar-refractivity contribution in [3.63, 3.8) is 0 Å². The molecule has 2 aromatic rings. The molecule has 102 valence electrons. The van der Waals surface area contributed by atoms with Gasteiger partial charge in [0.25, 0.3) is 0 Å². The molecule has 2 N–H and O–H groups in total. The van der Waals surface area contributed by atoms with Crippen LogP contribution in [-0.2, 0) is 11.3 Å². The zero-order chi connectivity index (χ0) is 13.5. The molecule has 1 aromatic heterocycles. The molecule has 5 nitrogen and oxygen atoms in total. The summed E-state index contributed by atoms with van der Waals surface area (Å²) in [5.41, 5.74) is 3.16. The Balaban J connectivity index is 1.83. The van der Waals surface area contributed by atoms with E-state index in [4.69, 9.17) is 9.47 Å². The second kappa shape index (κ2) is 6.80. The Morgan fingerprint density at radius 2 is 2.00 bits per heavy atom. The van der Waals surface area contributed by atoms with Crippen molar-refractivity contribution in [2.75, 3.05) is 25.6 Å². The molecule has 5 heteroatoms. The molecule has 0 atom stereocenters. The van der Waals surface area contributed by atoms with Gasteiger partial charge in [-0.3, -0.25) is 0 Å².